The molecular formula is C13H26N2O2S. The van der Waals surface area contributed by atoms with Crippen molar-refractivity contribution in [2.75, 3.05) is 13.1 Å². The van der Waals surface area contributed by atoms with Gasteiger partial charge in [-0.05, 0) is 31.6 Å². The van der Waals surface area contributed by atoms with Crippen LogP contribution in [-0.2, 0) is 10.0 Å². The van der Waals surface area contributed by atoms with E-state index in [-0.39, 0.29) is 11.3 Å². The quantitative estimate of drug-likeness (QED) is 0.852. The van der Waals surface area contributed by atoms with Gasteiger partial charge in [0, 0.05) is 19.1 Å². The van der Waals surface area contributed by atoms with Crippen LogP contribution in [0.3, 0.4) is 0 Å². The number of nitrogens with two attached hydrogens (primary N) is 1. The van der Waals surface area contributed by atoms with Crippen molar-refractivity contribution in [2.24, 2.45) is 11.7 Å². The molecule has 0 spiro atoms. The zero-order valence-electron chi connectivity index (χ0n) is 11.3. The molecule has 0 aromatic rings. The van der Waals surface area contributed by atoms with Gasteiger partial charge >= 0.3 is 0 Å². The lowest BCUT2D eigenvalue weighted by molar-refractivity contribution is 0.189. The third-order valence-electron chi connectivity index (χ3n) is 4.61. The van der Waals surface area contributed by atoms with Crippen molar-refractivity contribution in [1.29, 1.82) is 0 Å². The van der Waals surface area contributed by atoms with Crippen molar-refractivity contribution in [3.63, 3.8) is 0 Å². The third kappa shape index (κ3) is 2.73. The molecule has 106 valence electrons. The van der Waals surface area contributed by atoms with Crippen LogP contribution in [0.5, 0.6) is 0 Å². The van der Waals surface area contributed by atoms with Crippen molar-refractivity contribution in [3.05, 3.63) is 0 Å². The molecule has 0 bridgehead atoms. The molecule has 2 aliphatic rings. The molecular weight excluding hydrogens is 248 g/mol. The lowest BCUT2D eigenvalue weighted by atomic mass is 9.93. The highest BCUT2D eigenvalue weighted by molar-refractivity contribution is 7.89. The molecule has 2 N–H and O–H groups in total. The average molecular weight is 274 g/mol. The minimum atomic E-state index is -3.13. The van der Waals surface area contributed by atoms with Gasteiger partial charge in [0.25, 0.3) is 0 Å². The van der Waals surface area contributed by atoms with Crippen LogP contribution in [0, 0.1) is 5.92 Å². The van der Waals surface area contributed by atoms with Gasteiger partial charge in [0.05, 0.1) is 5.25 Å². The summed E-state index contributed by atoms with van der Waals surface area (Å²) in [7, 11) is -3.13. The van der Waals surface area contributed by atoms with E-state index in [1.165, 1.54) is 6.42 Å². The summed E-state index contributed by atoms with van der Waals surface area (Å²) in [6.45, 7) is 3.25. The van der Waals surface area contributed by atoms with Crippen molar-refractivity contribution in [1.82, 2.24) is 4.31 Å². The van der Waals surface area contributed by atoms with Crippen LogP contribution in [0.1, 0.15) is 51.9 Å². The predicted octanol–water partition coefficient (Wildman–Crippen LogP) is 1.71. The SMILES string of the molecule is CC1CCCN(S(=O)(=O)C2CCCCC2)C1CN. The molecule has 1 saturated carbocycles. The summed E-state index contributed by atoms with van der Waals surface area (Å²) in [5, 5.41) is -0.148. The van der Waals surface area contributed by atoms with Crippen molar-refractivity contribution in [3.8, 4) is 0 Å². The molecule has 2 unspecified atom stereocenters. The first-order chi connectivity index (χ1) is 8.57. The number of rotatable bonds is 3. The smallest absolute Gasteiger partial charge is 0.217 e. The van der Waals surface area contributed by atoms with Crippen LogP contribution < -0.4 is 5.73 Å². The monoisotopic (exact) mass is 274 g/mol. The maximum atomic E-state index is 12.7. The Labute approximate surface area is 111 Å². The van der Waals surface area contributed by atoms with Crippen LogP contribution >= 0.6 is 0 Å². The number of sulfonamides is 1. The number of hydrogen-bond donors (Lipinski definition) is 1. The Bertz CT molecular complexity index is 363. The van der Waals surface area contributed by atoms with E-state index in [9.17, 15) is 8.42 Å². The van der Waals surface area contributed by atoms with E-state index in [0.717, 1.165) is 38.5 Å². The van der Waals surface area contributed by atoms with Crippen LogP contribution in [0.2, 0.25) is 0 Å². The molecule has 0 amide bonds. The van der Waals surface area contributed by atoms with Crippen molar-refractivity contribution in [2.45, 2.75) is 63.2 Å². The summed E-state index contributed by atoms with van der Waals surface area (Å²) < 4.78 is 27.2. The van der Waals surface area contributed by atoms with E-state index in [2.05, 4.69) is 6.92 Å². The van der Waals surface area contributed by atoms with Gasteiger partial charge in [-0.15, -0.1) is 0 Å². The summed E-state index contributed by atoms with van der Waals surface area (Å²) in [5.41, 5.74) is 5.80. The number of piperidine rings is 1. The standard InChI is InChI=1S/C13H26N2O2S/c1-11-6-5-9-15(13(11)10-14)18(16,17)12-7-3-2-4-8-12/h11-13H,2-10,14H2,1H3. The van der Waals surface area contributed by atoms with Gasteiger partial charge in [-0.2, -0.15) is 4.31 Å². The Balaban J connectivity index is 2.16. The van der Waals surface area contributed by atoms with E-state index in [0.29, 0.717) is 19.0 Å². The van der Waals surface area contributed by atoms with Gasteiger partial charge in [-0.1, -0.05) is 26.2 Å². The molecule has 1 aliphatic carbocycles. The van der Waals surface area contributed by atoms with Gasteiger partial charge in [0.2, 0.25) is 10.0 Å². The Morgan fingerprint density at radius 2 is 1.78 bits per heavy atom. The number of nitrogens with zero attached hydrogens (tertiary/aromatic N) is 1. The molecule has 4 nitrogen and oxygen atoms in total. The maximum absolute atomic E-state index is 12.7. The first kappa shape index (κ1) is 14.3. The first-order valence-electron chi connectivity index (χ1n) is 7.28. The van der Waals surface area contributed by atoms with Gasteiger partial charge in [-0.25, -0.2) is 8.42 Å². The highest BCUT2D eigenvalue weighted by Crippen LogP contribution is 2.31. The predicted molar refractivity (Wildman–Crippen MR) is 73.7 cm³/mol. The molecule has 1 saturated heterocycles. The molecule has 1 heterocycles. The van der Waals surface area contributed by atoms with Crippen LogP contribution in [0.15, 0.2) is 0 Å². The fourth-order valence-electron chi connectivity index (χ4n) is 3.43. The zero-order chi connectivity index (χ0) is 13.2. The third-order valence-corrected chi connectivity index (χ3v) is 7.03. The lowest BCUT2D eigenvalue weighted by Gasteiger charge is -2.40. The second-order valence-corrected chi connectivity index (χ2v) is 8.00. The fourth-order valence-corrected chi connectivity index (χ4v) is 5.80. The molecule has 2 rings (SSSR count). The fraction of sp³-hybridized carbons (Fsp3) is 1.00. The summed E-state index contributed by atoms with van der Waals surface area (Å²) in [6, 6.07) is 0.0191. The Morgan fingerprint density at radius 3 is 2.39 bits per heavy atom. The summed E-state index contributed by atoms with van der Waals surface area (Å²) in [5.74, 6) is 0.391. The number of hydrogen-bond acceptors (Lipinski definition) is 3. The summed E-state index contributed by atoms with van der Waals surface area (Å²) in [4.78, 5) is 0. The van der Waals surface area contributed by atoms with Crippen molar-refractivity contribution < 1.29 is 8.42 Å². The van der Waals surface area contributed by atoms with Gasteiger partial charge < -0.3 is 5.73 Å². The Hall–Kier alpha value is -0.130. The molecule has 1 aliphatic heterocycles. The molecule has 0 aromatic heterocycles. The molecule has 0 radical (unpaired) electrons. The highest BCUT2D eigenvalue weighted by atomic mass is 32.2. The van der Waals surface area contributed by atoms with Crippen molar-refractivity contribution >= 4 is 10.0 Å². The topological polar surface area (TPSA) is 63.4 Å². The van der Waals surface area contributed by atoms with Crippen LogP contribution in [0.25, 0.3) is 0 Å². The lowest BCUT2D eigenvalue weighted by Crippen LogP contribution is -2.54. The molecule has 2 fully saturated rings. The maximum Gasteiger partial charge on any atom is 0.217 e. The molecule has 0 aromatic carbocycles. The van der Waals surface area contributed by atoms with E-state index >= 15 is 0 Å². The first-order valence-corrected chi connectivity index (χ1v) is 8.78. The summed E-state index contributed by atoms with van der Waals surface area (Å²) >= 11 is 0. The van der Waals surface area contributed by atoms with E-state index in [4.69, 9.17) is 5.73 Å². The Kier molecular flexibility index (Phi) is 4.67. The second-order valence-electron chi connectivity index (χ2n) is 5.84. The normalized spacial score (nSPS) is 32.6. The Morgan fingerprint density at radius 1 is 1.11 bits per heavy atom. The van der Waals surface area contributed by atoms with Crippen LogP contribution in [-0.4, -0.2) is 37.1 Å². The van der Waals surface area contributed by atoms with Gasteiger partial charge in [-0.3, -0.25) is 0 Å². The van der Waals surface area contributed by atoms with E-state index in [1.54, 1.807) is 4.31 Å². The van der Waals surface area contributed by atoms with Gasteiger partial charge in [0.1, 0.15) is 0 Å². The molecule has 18 heavy (non-hydrogen) atoms. The minimum absolute atomic E-state index is 0.0191. The molecule has 2 atom stereocenters. The molecule has 5 heteroatoms. The van der Waals surface area contributed by atoms with E-state index < -0.39 is 10.0 Å². The highest BCUT2D eigenvalue weighted by Gasteiger charge is 2.39. The van der Waals surface area contributed by atoms with Gasteiger partial charge in [0.15, 0.2) is 0 Å². The van der Waals surface area contributed by atoms with E-state index in [1.807, 2.05) is 0 Å². The van der Waals surface area contributed by atoms with Crippen LogP contribution in [0.4, 0.5) is 0 Å². The summed E-state index contributed by atoms with van der Waals surface area (Å²) in [6.07, 6.45) is 7.04. The second kappa shape index (κ2) is 5.88. The zero-order valence-corrected chi connectivity index (χ0v) is 12.2. The average Bonchev–Trinajstić information content (AvgIpc) is 2.39. The minimum Gasteiger partial charge on any atom is -0.329 e. The largest absolute Gasteiger partial charge is 0.329 e.